The fourth-order valence-electron chi connectivity index (χ4n) is 1.49. The zero-order chi connectivity index (χ0) is 14.0. The minimum atomic E-state index is -0.987. The number of hydrogen-bond donors (Lipinski definition) is 2. The van der Waals surface area contributed by atoms with E-state index < -0.39 is 17.5 Å². The minimum absolute atomic E-state index is 0.0411. The van der Waals surface area contributed by atoms with E-state index in [4.69, 9.17) is 11.6 Å². The first kappa shape index (κ1) is 13.4. The highest BCUT2D eigenvalue weighted by Gasteiger charge is 2.20. The summed E-state index contributed by atoms with van der Waals surface area (Å²) in [5, 5.41) is 5.49. The Morgan fingerprint density at radius 2 is 2.11 bits per heavy atom. The van der Waals surface area contributed by atoms with E-state index in [9.17, 15) is 18.4 Å². The van der Waals surface area contributed by atoms with E-state index >= 15 is 0 Å². The van der Waals surface area contributed by atoms with Gasteiger partial charge in [-0.15, -0.1) is 0 Å². The highest BCUT2D eigenvalue weighted by atomic mass is 35.5. The van der Waals surface area contributed by atoms with Gasteiger partial charge in [0.25, 0.3) is 5.91 Å². The van der Waals surface area contributed by atoms with E-state index in [0.717, 1.165) is 6.07 Å². The molecule has 0 unspecified atom stereocenters. The summed E-state index contributed by atoms with van der Waals surface area (Å²) in [5.74, 6) is -2.84. The van der Waals surface area contributed by atoms with Crippen molar-refractivity contribution >= 4 is 34.8 Å². The summed E-state index contributed by atoms with van der Waals surface area (Å²) < 4.78 is 26.3. The smallest absolute Gasteiger partial charge is 0.271 e. The Bertz CT molecular complexity index is 566. The predicted molar refractivity (Wildman–Crippen MR) is 64.8 cm³/mol. The van der Waals surface area contributed by atoms with Crippen molar-refractivity contribution in [3.8, 4) is 0 Å². The summed E-state index contributed by atoms with van der Waals surface area (Å²) >= 11 is 5.64. The molecule has 2 rings (SSSR count). The van der Waals surface area contributed by atoms with E-state index in [1.54, 1.807) is 0 Å². The maximum atomic E-state index is 13.5. The highest BCUT2D eigenvalue weighted by molar-refractivity contribution is 6.44. The Morgan fingerprint density at radius 1 is 1.37 bits per heavy atom. The number of hydrogen-bond acceptors (Lipinski definition) is 3. The van der Waals surface area contributed by atoms with Crippen LogP contribution in [0.25, 0.3) is 0 Å². The van der Waals surface area contributed by atoms with E-state index in [-0.39, 0.29) is 35.2 Å². The molecule has 1 aliphatic rings. The molecule has 0 aromatic heterocycles. The number of anilines is 1. The lowest BCUT2D eigenvalue weighted by Crippen LogP contribution is -2.33. The summed E-state index contributed by atoms with van der Waals surface area (Å²) in [6, 6.07) is 1.48. The van der Waals surface area contributed by atoms with Gasteiger partial charge in [0.05, 0.1) is 10.7 Å². The molecule has 1 heterocycles. The Balaban J connectivity index is 2.18. The van der Waals surface area contributed by atoms with Crippen LogP contribution in [0.4, 0.5) is 14.5 Å². The van der Waals surface area contributed by atoms with Crippen molar-refractivity contribution in [2.24, 2.45) is 5.10 Å². The van der Waals surface area contributed by atoms with Crippen LogP contribution in [0.2, 0.25) is 5.02 Å². The second-order valence-corrected chi connectivity index (χ2v) is 4.20. The average molecular weight is 288 g/mol. The van der Waals surface area contributed by atoms with Crippen LogP contribution in [-0.4, -0.2) is 17.5 Å². The molecular weight excluding hydrogens is 280 g/mol. The predicted octanol–water partition coefficient (Wildman–Crippen LogP) is 1.82. The van der Waals surface area contributed by atoms with Crippen molar-refractivity contribution in [3.05, 3.63) is 28.8 Å². The number of carbonyl (C=O) groups excluding carboxylic acids is 2. The Labute approximate surface area is 111 Å². The molecule has 2 amide bonds. The van der Waals surface area contributed by atoms with Crippen LogP contribution in [0, 0.1) is 11.6 Å². The first-order valence-corrected chi connectivity index (χ1v) is 5.66. The third-order valence-electron chi connectivity index (χ3n) is 2.41. The zero-order valence-electron chi connectivity index (χ0n) is 9.47. The molecule has 0 aliphatic carbocycles. The molecular formula is C11H8ClF2N3O2. The molecule has 0 saturated heterocycles. The van der Waals surface area contributed by atoms with Gasteiger partial charge in [0, 0.05) is 18.9 Å². The molecule has 8 heteroatoms. The average Bonchev–Trinajstić information content (AvgIpc) is 2.34. The molecule has 1 aromatic carbocycles. The lowest BCUT2D eigenvalue weighted by Gasteiger charge is -2.13. The van der Waals surface area contributed by atoms with Gasteiger partial charge in [0.2, 0.25) is 5.91 Å². The summed E-state index contributed by atoms with van der Waals surface area (Å²) in [6.07, 6.45) is 0.254. The largest absolute Gasteiger partial charge is 0.317 e. The molecule has 1 aliphatic heterocycles. The van der Waals surface area contributed by atoms with Gasteiger partial charge in [-0.3, -0.25) is 9.59 Å². The van der Waals surface area contributed by atoms with Crippen LogP contribution in [0.3, 0.4) is 0 Å². The molecule has 0 radical (unpaired) electrons. The van der Waals surface area contributed by atoms with Crippen LogP contribution in [0.15, 0.2) is 17.2 Å². The third-order valence-corrected chi connectivity index (χ3v) is 2.71. The standard InChI is InChI=1S/C11H8ClF2N3O2/c12-6-3-5(13)4-7(14)10(6)15-11(19)8-1-2-9(18)17-16-8/h3-4H,1-2H2,(H,15,19)(H,17,18). The molecule has 0 atom stereocenters. The maximum absolute atomic E-state index is 13.5. The number of nitrogens with zero attached hydrogens (tertiary/aromatic N) is 1. The van der Waals surface area contributed by atoms with Crippen LogP contribution < -0.4 is 10.7 Å². The van der Waals surface area contributed by atoms with E-state index in [2.05, 4.69) is 15.8 Å². The normalized spacial score (nSPS) is 14.7. The van der Waals surface area contributed by atoms with Gasteiger partial charge >= 0.3 is 0 Å². The Morgan fingerprint density at radius 3 is 2.68 bits per heavy atom. The fraction of sp³-hybridized carbons (Fsp3) is 0.182. The van der Waals surface area contributed by atoms with Crippen LogP contribution in [0.5, 0.6) is 0 Å². The third kappa shape index (κ3) is 3.05. The van der Waals surface area contributed by atoms with Gasteiger partial charge in [-0.05, 0) is 6.07 Å². The molecule has 1 aromatic rings. The second kappa shape index (κ2) is 5.31. The van der Waals surface area contributed by atoms with E-state index in [0.29, 0.717) is 6.07 Å². The molecule has 2 N–H and O–H groups in total. The highest BCUT2D eigenvalue weighted by Crippen LogP contribution is 2.26. The molecule has 19 heavy (non-hydrogen) atoms. The van der Waals surface area contributed by atoms with Gasteiger partial charge in [0.1, 0.15) is 11.5 Å². The fourth-order valence-corrected chi connectivity index (χ4v) is 1.73. The van der Waals surface area contributed by atoms with E-state index in [1.807, 2.05) is 0 Å². The molecule has 0 fully saturated rings. The molecule has 0 spiro atoms. The SMILES string of the molecule is O=C1CCC(C(=O)Nc2c(F)cc(F)cc2Cl)=NN1. The van der Waals surface area contributed by atoms with Crippen molar-refractivity contribution in [2.45, 2.75) is 12.8 Å². The monoisotopic (exact) mass is 287 g/mol. The molecule has 0 saturated carbocycles. The van der Waals surface area contributed by atoms with Gasteiger partial charge in [-0.1, -0.05) is 11.6 Å². The Kier molecular flexibility index (Phi) is 3.75. The first-order valence-electron chi connectivity index (χ1n) is 5.28. The van der Waals surface area contributed by atoms with Crippen LogP contribution in [-0.2, 0) is 9.59 Å². The number of rotatable bonds is 2. The number of halogens is 3. The topological polar surface area (TPSA) is 70.6 Å². The molecule has 5 nitrogen and oxygen atoms in total. The van der Waals surface area contributed by atoms with Crippen molar-refractivity contribution in [3.63, 3.8) is 0 Å². The quantitative estimate of drug-likeness (QED) is 0.871. The summed E-state index contributed by atoms with van der Waals surface area (Å²) in [6.45, 7) is 0. The Hall–Kier alpha value is -2.02. The maximum Gasteiger partial charge on any atom is 0.271 e. The van der Waals surface area contributed by atoms with Gasteiger partial charge in [0.15, 0.2) is 5.82 Å². The summed E-state index contributed by atoms with van der Waals surface area (Å²) in [5.41, 5.74) is 1.85. The number of benzene rings is 1. The van der Waals surface area contributed by atoms with Crippen LogP contribution in [0.1, 0.15) is 12.8 Å². The molecule has 100 valence electrons. The minimum Gasteiger partial charge on any atom is -0.317 e. The number of carbonyl (C=O) groups is 2. The lowest BCUT2D eigenvalue weighted by molar-refractivity contribution is -0.121. The zero-order valence-corrected chi connectivity index (χ0v) is 10.2. The first-order chi connectivity index (χ1) is 8.97. The number of hydrazone groups is 1. The van der Waals surface area contributed by atoms with Crippen molar-refractivity contribution in [2.75, 3.05) is 5.32 Å². The van der Waals surface area contributed by atoms with Crippen molar-refractivity contribution < 1.29 is 18.4 Å². The van der Waals surface area contributed by atoms with E-state index in [1.165, 1.54) is 0 Å². The van der Waals surface area contributed by atoms with Gasteiger partial charge in [-0.2, -0.15) is 5.10 Å². The molecule has 0 bridgehead atoms. The van der Waals surface area contributed by atoms with Crippen molar-refractivity contribution in [1.29, 1.82) is 0 Å². The second-order valence-electron chi connectivity index (χ2n) is 3.79. The van der Waals surface area contributed by atoms with Gasteiger partial charge in [-0.25, -0.2) is 14.2 Å². The summed E-state index contributed by atoms with van der Waals surface area (Å²) in [4.78, 5) is 22.6. The lowest BCUT2D eigenvalue weighted by atomic mass is 10.1. The number of nitrogens with one attached hydrogen (secondary N) is 2. The van der Waals surface area contributed by atoms with Crippen molar-refractivity contribution in [1.82, 2.24) is 5.43 Å². The van der Waals surface area contributed by atoms with Gasteiger partial charge < -0.3 is 5.32 Å². The summed E-state index contributed by atoms with van der Waals surface area (Å²) in [7, 11) is 0. The van der Waals surface area contributed by atoms with Crippen LogP contribution >= 0.6 is 11.6 Å². The number of amides is 2.